The predicted octanol–water partition coefficient (Wildman–Crippen LogP) is 3.71. The van der Waals surface area contributed by atoms with E-state index in [-0.39, 0.29) is 5.91 Å². The fraction of sp³-hybridized carbons (Fsp3) is 0.440. The third-order valence-electron chi connectivity index (χ3n) is 6.31. The number of H-pyrrole nitrogens is 1. The van der Waals surface area contributed by atoms with Gasteiger partial charge in [0.05, 0.1) is 5.69 Å². The number of carbonyl (C=O) groups is 1. The molecule has 0 unspecified atom stereocenters. The van der Waals surface area contributed by atoms with Crippen molar-refractivity contribution >= 4 is 29.2 Å². The van der Waals surface area contributed by atoms with Crippen molar-refractivity contribution < 1.29 is 4.79 Å². The van der Waals surface area contributed by atoms with Crippen molar-refractivity contribution in [1.82, 2.24) is 30.4 Å². The molecule has 2 aliphatic rings. The molecular weight excluding hydrogens is 428 g/mol. The number of carbonyl (C=O) groups excluding carboxylic acids is 1. The van der Waals surface area contributed by atoms with Crippen molar-refractivity contribution in [3.8, 4) is 0 Å². The number of hydrogen-bond acceptors (Lipinski definition) is 7. The second-order valence-electron chi connectivity index (χ2n) is 9.09. The number of nitrogens with zero attached hydrogens (tertiary/aromatic N) is 4. The van der Waals surface area contributed by atoms with Crippen molar-refractivity contribution in [2.24, 2.45) is 0 Å². The summed E-state index contributed by atoms with van der Waals surface area (Å²) in [5, 5.41) is 16.9. The van der Waals surface area contributed by atoms with E-state index in [9.17, 15) is 4.79 Å². The molecule has 3 heterocycles. The van der Waals surface area contributed by atoms with Gasteiger partial charge in [-0.3, -0.25) is 9.89 Å². The van der Waals surface area contributed by atoms with Crippen LogP contribution in [0, 0.1) is 0 Å². The molecule has 1 aliphatic heterocycles. The summed E-state index contributed by atoms with van der Waals surface area (Å²) in [6.07, 6.45) is 7.93. The number of hydrogen-bond donors (Lipinski definition) is 4. The molecule has 9 nitrogen and oxygen atoms in total. The Labute approximate surface area is 199 Å². The highest BCUT2D eigenvalue weighted by Crippen LogP contribution is 2.39. The van der Waals surface area contributed by atoms with Crippen LogP contribution in [-0.4, -0.2) is 57.2 Å². The number of amides is 1. The van der Waals surface area contributed by atoms with E-state index in [1.54, 1.807) is 6.20 Å². The van der Waals surface area contributed by atoms with Crippen molar-refractivity contribution in [3.63, 3.8) is 0 Å². The zero-order valence-electron chi connectivity index (χ0n) is 19.4. The van der Waals surface area contributed by atoms with E-state index in [1.165, 1.54) is 25.7 Å². The van der Waals surface area contributed by atoms with Gasteiger partial charge >= 0.3 is 0 Å². The quantitative estimate of drug-likeness (QED) is 0.345. The number of nitrogens with one attached hydrogen (secondary N) is 4. The molecular formula is C25H32N8O. The second-order valence-corrected chi connectivity index (χ2v) is 9.09. The van der Waals surface area contributed by atoms with Crippen LogP contribution in [0.5, 0.6) is 0 Å². The lowest BCUT2D eigenvalue weighted by Crippen LogP contribution is -2.33. The first-order valence-corrected chi connectivity index (χ1v) is 12.2. The third kappa shape index (κ3) is 6.32. The molecule has 1 aliphatic carbocycles. The number of anilines is 4. The summed E-state index contributed by atoms with van der Waals surface area (Å²) in [4.78, 5) is 23.4. The molecule has 1 amide bonds. The van der Waals surface area contributed by atoms with Gasteiger partial charge in [0.2, 0.25) is 11.9 Å². The van der Waals surface area contributed by atoms with Crippen molar-refractivity contribution in [3.05, 3.63) is 53.9 Å². The molecule has 1 saturated heterocycles. The van der Waals surface area contributed by atoms with E-state index in [1.807, 2.05) is 36.4 Å². The molecule has 5 rings (SSSR count). The fourth-order valence-corrected chi connectivity index (χ4v) is 4.21. The van der Waals surface area contributed by atoms with Gasteiger partial charge in [-0.2, -0.15) is 10.1 Å². The summed E-state index contributed by atoms with van der Waals surface area (Å²) in [6.45, 7) is 4.01. The van der Waals surface area contributed by atoms with Crippen molar-refractivity contribution in [2.45, 2.75) is 44.4 Å². The Bertz CT molecular complexity index is 1090. The summed E-state index contributed by atoms with van der Waals surface area (Å²) in [6, 6.07) is 11.9. The van der Waals surface area contributed by atoms with Crippen LogP contribution in [0.4, 0.5) is 23.3 Å². The summed E-state index contributed by atoms with van der Waals surface area (Å²) >= 11 is 0. The average molecular weight is 461 g/mol. The maximum absolute atomic E-state index is 12.1. The molecule has 34 heavy (non-hydrogen) atoms. The molecule has 0 bridgehead atoms. The van der Waals surface area contributed by atoms with E-state index < -0.39 is 0 Å². The van der Waals surface area contributed by atoms with Gasteiger partial charge in [0.25, 0.3) is 0 Å². The topological polar surface area (TPSA) is 111 Å². The molecule has 0 spiro atoms. The van der Waals surface area contributed by atoms with E-state index in [0.717, 1.165) is 55.4 Å². The highest BCUT2D eigenvalue weighted by atomic mass is 16.1. The van der Waals surface area contributed by atoms with Crippen LogP contribution in [0.1, 0.15) is 49.3 Å². The van der Waals surface area contributed by atoms with Crippen LogP contribution in [0.3, 0.4) is 0 Å². The first-order valence-electron chi connectivity index (χ1n) is 12.2. The summed E-state index contributed by atoms with van der Waals surface area (Å²) in [5.41, 5.74) is 3.13. The van der Waals surface area contributed by atoms with Gasteiger partial charge < -0.3 is 20.9 Å². The smallest absolute Gasteiger partial charge is 0.229 e. The Morgan fingerprint density at radius 3 is 2.71 bits per heavy atom. The SMILES string of the molecule is O=C(CCc1ccc(Nc2nccc(Nc3cc(C4CC4)n[nH]3)n2)cc1)NCCN1CCCC1. The van der Waals surface area contributed by atoms with E-state index in [0.29, 0.717) is 24.1 Å². The number of benzene rings is 1. The third-order valence-corrected chi connectivity index (χ3v) is 6.31. The van der Waals surface area contributed by atoms with Crippen LogP contribution < -0.4 is 16.0 Å². The zero-order valence-corrected chi connectivity index (χ0v) is 19.4. The number of rotatable bonds is 11. The van der Waals surface area contributed by atoms with E-state index in [4.69, 9.17) is 0 Å². The zero-order chi connectivity index (χ0) is 23.2. The van der Waals surface area contributed by atoms with Gasteiger partial charge in [0.1, 0.15) is 11.6 Å². The van der Waals surface area contributed by atoms with Gasteiger partial charge in [-0.05, 0) is 69.0 Å². The van der Waals surface area contributed by atoms with Gasteiger partial charge in [-0.25, -0.2) is 4.98 Å². The van der Waals surface area contributed by atoms with Crippen LogP contribution in [0.25, 0.3) is 0 Å². The van der Waals surface area contributed by atoms with Gasteiger partial charge in [0.15, 0.2) is 0 Å². The Balaban J connectivity index is 1.07. The Hall–Kier alpha value is -3.46. The van der Waals surface area contributed by atoms with Gasteiger partial charge in [-0.1, -0.05) is 12.1 Å². The van der Waals surface area contributed by atoms with Crippen LogP contribution >= 0.6 is 0 Å². The van der Waals surface area contributed by atoms with Gasteiger partial charge in [-0.15, -0.1) is 0 Å². The lowest BCUT2D eigenvalue weighted by Gasteiger charge is -2.14. The molecule has 3 aromatic rings. The van der Waals surface area contributed by atoms with E-state index in [2.05, 4.69) is 41.0 Å². The van der Waals surface area contributed by atoms with E-state index >= 15 is 0 Å². The van der Waals surface area contributed by atoms with Crippen molar-refractivity contribution in [2.75, 3.05) is 36.8 Å². The number of aromatic amines is 1. The minimum absolute atomic E-state index is 0.112. The number of aromatic nitrogens is 4. The lowest BCUT2D eigenvalue weighted by atomic mass is 10.1. The maximum atomic E-state index is 12.1. The fourth-order valence-electron chi connectivity index (χ4n) is 4.21. The molecule has 9 heteroatoms. The minimum atomic E-state index is 0.112. The molecule has 4 N–H and O–H groups in total. The molecule has 2 fully saturated rings. The number of likely N-dealkylation sites (tertiary alicyclic amines) is 1. The monoisotopic (exact) mass is 460 g/mol. The Morgan fingerprint density at radius 2 is 1.91 bits per heavy atom. The molecule has 0 atom stereocenters. The highest BCUT2D eigenvalue weighted by Gasteiger charge is 2.26. The lowest BCUT2D eigenvalue weighted by molar-refractivity contribution is -0.121. The largest absolute Gasteiger partial charge is 0.355 e. The molecule has 1 saturated carbocycles. The number of aryl methyl sites for hydroxylation is 1. The summed E-state index contributed by atoms with van der Waals surface area (Å²) < 4.78 is 0. The summed E-state index contributed by atoms with van der Waals surface area (Å²) in [5.74, 6) is 2.75. The second kappa shape index (κ2) is 10.6. The molecule has 2 aromatic heterocycles. The molecule has 0 radical (unpaired) electrons. The van der Waals surface area contributed by atoms with Crippen molar-refractivity contribution in [1.29, 1.82) is 0 Å². The first-order chi connectivity index (χ1) is 16.7. The molecule has 178 valence electrons. The highest BCUT2D eigenvalue weighted by molar-refractivity contribution is 5.76. The van der Waals surface area contributed by atoms with Crippen LogP contribution in [0.15, 0.2) is 42.6 Å². The first kappa shape index (κ1) is 22.3. The Morgan fingerprint density at radius 1 is 1.09 bits per heavy atom. The minimum Gasteiger partial charge on any atom is -0.355 e. The standard InChI is InChI=1S/C25H32N8O/c34-24(26-13-16-33-14-1-2-15-33)10-5-18-3-8-20(9-4-18)28-25-27-12-11-22(30-25)29-23-17-21(31-32-23)19-6-7-19/h3-4,8-9,11-12,17,19H,1-2,5-7,10,13-16H2,(H,26,34)(H3,27,28,29,30,31,32). The molecule has 1 aromatic carbocycles. The average Bonchev–Trinajstić information content (AvgIpc) is 3.36. The summed E-state index contributed by atoms with van der Waals surface area (Å²) in [7, 11) is 0. The van der Waals surface area contributed by atoms with Crippen LogP contribution in [0.2, 0.25) is 0 Å². The maximum Gasteiger partial charge on any atom is 0.229 e. The Kier molecular flexibility index (Phi) is 6.99. The normalized spacial score (nSPS) is 15.9. The van der Waals surface area contributed by atoms with Gasteiger partial charge in [0, 0.05) is 43.4 Å². The van der Waals surface area contributed by atoms with Crippen LogP contribution in [-0.2, 0) is 11.2 Å². The predicted molar refractivity (Wildman–Crippen MR) is 133 cm³/mol.